The summed E-state index contributed by atoms with van der Waals surface area (Å²) < 4.78 is 14.4. The molecule has 0 atom stereocenters. The van der Waals surface area contributed by atoms with Gasteiger partial charge in [0, 0.05) is 11.8 Å². The molecule has 1 saturated heterocycles. The highest BCUT2D eigenvalue weighted by Gasteiger charge is 2.25. The minimum atomic E-state index is -0.408. The van der Waals surface area contributed by atoms with Crippen LogP contribution in [0.2, 0.25) is 0 Å². The number of hydrogen-bond donors (Lipinski definition) is 1. The molecule has 0 spiro atoms. The quantitative estimate of drug-likeness (QED) is 0.862. The fourth-order valence-corrected chi connectivity index (χ4v) is 2.40. The van der Waals surface area contributed by atoms with Gasteiger partial charge >= 0.3 is 0 Å². The van der Waals surface area contributed by atoms with E-state index in [9.17, 15) is 14.0 Å². The van der Waals surface area contributed by atoms with E-state index in [-0.39, 0.29) is 11.1 Å². The molecule has 3 rings (SSSR count). The topological polar surface area (TPSA) is 64.0 Å². The van der Waals surface area contributed by atoms with Crippen molar-refractivity contribution in [2.24, 2.45) is 0 Å². The van der Waals surface area contributed by atoms with E-state index < -0.39 is 5.91 Å². The number of halogens is 1. The zero-order chi connectivity index (χ0) is 14.1. The number of thioether (sulfide) groups is 1. The van der Waals surface area contributed by atoms with Crippen LogP contribution in [0.1, 0.15) is 5.56 Å². The molecule has 100 valence electrons. The standard InChI is InChI=1S/C13H8FN3O2S/c14-9-1-3-10(4-2-9)17-7-8(6-15-17)5-11-12(18)16-13(19)20-11/h1-7H,(H,16,18,19)/b11-5-. The number of amides is 2. The van der Waals surface area contributed by atoms with Crippen LogP contribution in [0, 0.1) is 5.82 Å². The number of aromatic nitrogens is 2. The average Bonchev–Trinajstić information content (AvgIpc) is 2.98. The SMILES string of the molecule is O=C1NC(=O)/C(=C/c2cnn(-c3ccc(F)cc3)c2)S1. The lowest BCUT2D eigenvalue weighted by Crippen LogP contribution is -2.17. The van der Waals surface area contributed by atoms with Crippen molar-refractivity contribution in [2.75, 3.05) is 0 Å². The molecule has 1 aromatic heterocycles. The molecule has 0 aliphatic carbocycles. The molecule has 1 aliphatic rings. The summed E-state index contributed by atoms with van der Waals surface area (Å²) in [5.41, 5.74) is 1.39. The van der Waals surface area contributed by atoms with Gasteiger partial charge in [0.1, 0.15) is 5.82 Å². The number of rotatable bonds is 2. The van der Waals surface area contributed by atoms with Gasteiger partial charge in [0.25, 0.3) is 11.1 Å². The van der Waals surface area contributed by atoms with Crippen LogP contribution in [0.15, 0.2) is 41.6 Å². The molecule has 0 bridgehead atoms. The molecule has 1 aliphatic heterocycles. The van der Waals surface area contributed by atoms with E-state index in [1.165, 1.54) is 12.1 Å². The molecular formula is C13H8FN3O2S. The van der Waals surface area contributed by atoms with E-state index in [0.29, 0.717) is 16.2 Å². The Bertz CT molecular complexity index is 721. The third kappa shape index (κ3) is 2.48. The van der Waals surface area contributed by atoms with E-state index in [1.807, 2.05) is 0 Å². The van der Waals surface area contributed by atoms with Crippen molar-refractivity contribution in [1.29, 1.82) is 0 Å². The van der Waals surface area contributed by atoms with Gasteiger partial charge in [-0.05, 0) is 42.1 Å². The smallest absolute Gasteiger partial charge is 0.282 e. The molecule has 0 unspecified atom stereocenters. The lowest BCUT2D eigenvalue weighted by molar-refractivity contribution is -0.115. The minimum Gasteiger partial charge on any atom is -0.282 e. The van der Waals surface area contributed by atoms with Gasteiger partial charge in [-0.15, -0.1) is 0 Å². The highest BCUT2D eigenvalue weighted by Crippen LogP contribution is 2.25. The van der Waals surface area contributed by atoms with Gasteiger partial charge in [0.05, 0.1) is 16.8 Å². The van der Waals surface area contributed by atoms with Crippen molar-refractivity contribution in [3.05, 3.63) is 52.9 Å². The number of nitrogens with zero attached hydrogens (tertiary/aromatic N) is 2. The molecule has 0 radical (unpaired) electrons. The van der Waals surface area contributed by atoms with E-state index >= 15 is 0 Å². The third-order valence-electron chi connectivity index (χ3n) is 2.63. The lowest BCUT2D eigenvalue weighted by atomic mass is 10.3. The number of benzene rings is 1. The fraction of sp³-hybridized carbons (Fsp3) is 0. The van der Waals surface area contributed by atoms with Gasteiger partial charge in [0.2, 0.25) is 0 Å². The molecule has 1 N–H and O–H groups in total. The highest BCUT2D eigenvalue weighted by molar-refractivity contribution is 8.18. The Kier molecular flexibility index (Phi) is 3.11. The van der Waals surface area contributed by atoms with E-state index in [1.54, 1.807) is 35.3 Å². The zero-order valence-electron chi connectivity index (χ0n) is 10.0. The molecule has 2 aromatic rings. The normalized spacial score (nSPS) is 16.8. The van der Waals surface area contributed by atoms with Crippen molar-refractivity contribution in [1.82, 2.24) is 15.1 Å². The largest absolute Gasteiger partial charge is 0.290 e. The molecule has 7 heteroatoms. The van der Waals surface area contributed by atoms with E-state index in [4.69, 9.17) is 0 Å². The minimum absolute atomic E-state index is 0.319. The van der Waals surface area contributed by atoms with Gasteiger partial charge in [-0.1, -0.05) is 0 Å². The Morgan fingerprint density at radius 1 is 1.25 bits per heavy atom. The first-order valence-corrected chi connectivity index (χ1v) is 6.49. The van der Waals surface area contributed by atoms with Crippen molar-refractivity contribution in [3.63, 3.8) is 0 Å². The molecule has 1 aromatic carbocycles. The van der Waals surface area contributed by atoms with Crippen LogP contribution in [0.4, 0.5) is 9.18 Å². The average molecular weight is 289 g/mol. The van der Waals surface area contributed by atoms with Crippen molar-refractivity contribution in [3.8, 4) is 5.69 Å². The highest BCUT2D eigenvalue weighted by atomic mass is 32.2. The molecular weight excluding hydrogens is 281 g/mol. The van der Waals surface area contributed by atoms with Crippen molar-refractivity contribution >= 4 is 29.0 Å². The van der Waals surface area contributed by atoms with Crippen LogP contribution in [-0.2, 0) is 4.79 Å². The Hall–Kier alpha value is -2.41. The second kappa shape index (κ2) is 4.93. The Labute approximate surface area is 117 Å². The van der Waals surface area contributed by atoms with Crippen LogP contribution in [-0.4, -0.2) is 20.9 Å². The van der Waals surface area contributed by atoms with Gasteiger partial charge in [-0.2, -0.15) is 5.10 Å². The summed E-state index contributed by atoms with van der Waals surface area (Å²) in [6.07, 6.45) is 4.84. The van der Waals surface area contributed by atoms with Gasteiger partial charge in [-0.25, -0.2) is 9.07 Å². The molecule has 20 heavy (non-hydrogen) atoms. The number of hydrogen-bond acceptors (Lipinski definition) is 4. The van der Waals surface area contributed by atoms with Gasteiger partial charge < -0.3 is 0 Å². The predicted molar refractivity (Wildman–Crippen MR) is 72.6 cm³/mol. The second-order valence-corrected chi connectivity index (χ2v) is 5.06. The van der Waals surface area contributed by atoms with Gasteiger partial charge in [0.15, 0.2) is 0 Å². The summed E-state index contributed by atoms with van der Waals surface area (Å²) >= 11 is 0.850. The second-order valence-electron chi connectivity index (χ2n) is 4.05. The Balaban J connectivity index is 1.87. The summed E-state index contributed by atoms with van der Waals surface area (Å²) in [6.45, 7) is 0. The van der Waals surface area contributed by atoms with Crippen molar-refractivity contribution < 1.29 is 14.0 Å². The number of nitrogens with one attached hydrogen (secondary N) is 1. The fourth-order valence-electron chi connectivity index (χ4n) is 1.72. The molecule has 2 amide bonds. The Morgan fingerprint density at radius 3 is 2.65 bits per heavy atom. The monoisotopic (exact) mass is 289 g/mol. The van der Waals surface area contributed by atoms with Crippen LogP contribution in [0.25, 0.3) is 11.8 Å². The number of carbonyl (C=O) groups excluding carboxylic acids is 2. The van der Waals surface area contributed by atoms with Crippen molar-refractivity contribution in [2.45, 2.75) is 0 Å². The third-order valence-corrected chi connectivity index (χ3v) is 3.44. The maximum Gasteiger partial charge on any atom is 0.290 e. The molecule has 5 nitrogen and oxygen atoms in total. The van der Waals surface area contributed by atoms with Crippen LogP contribution in [0.3, 0.4) is 0 Å². The predicted octanol–water partition coefficient (Wildman–Crippen LogP) is 2.34. The van der Waals surface area contributed by atoms with E-state index in [2.05, 4.69) is 10.4 Å². The lowest BCUT2D eigenvalue weighted by Gasteiger charge is -1.99. The van der Waals surface area contributed by atoms with Crippen LogP contribution in [0.5, 0.6) is 0 Å². The molecule has 1 fully saturated rings. The number of imide groups is 1. The first kappa shape index (κ1) is 12.6. The number of carbonyl (C=O) groups is 2. The van der Waals surface area contributed by atoms with Crippen LogP contribution >= 0.6 is 11.8 Å². The first-order chi connectivity index (χ1) is 9.61. The summed E-state index contributed by atoms with van der Waals surface area (Å²) in [5, 5.41) is 5.92. The first-order valence-electron chi connectivity index (χ1n) is 5.67. The maximum absolute atomic E-state index is 12.8. The summed E-state index contributed by atoms with van der Waals surface area (Å²) in [7, 11) is 0. The Morgan fingerprint density at radius 2 is 2.00 bits per heavy atom. The zero-order valence-corrected chi connectivity index (χ0v) is 10.9. The summed E-state index contributed by atoms with van der Waals surface area (Å²) in [5.74, 6) is -0.727. The van der Waals surface area contributed by atoms with Gasteiger partial charge in [-0.3, -0.25) is 14.9 Å². The summed E-state index contributed by atoms with van der Waals surface area (Å²) in [4.78, 5) is 22.8. The van der Waals surface area contributed by atoms with Crippen LogP contribution < -0.4 is 5.32 Å². The van der Waals surface area contributed by atoms with E-state index in [0.717, 1.165) is 11.8 Å². The molecule has 2 heterocycles. The maximum atomic E-state index is 12.8. The summed E-state index contributed by atoms with van der Waals surface area (Å²) in [6, 6.07) is 5.88. The molecule has 0 saturated carbocycles.